The topological polar surface area (TPSA) is 0 Å². The molecule has 4 rings (SSSR count). The van der Waals surface area contributed by atoms with Gasteiger partial charge in [-0.1, -0.05) is 65.3 Å². The van der Waals surface area contributed by atoms with Crippen molar-refractivity contribution >= 4 is 3.21 Å². The molecule has 0 spiro atoms. The second-order valence-electron chi connectivity index (χ2n) is 10.3. The Balaban J connectivity index is 0.000000739. The summed E-state index contributed by atoms with van der Waals surface area (Å²) in [4.78, 5) is 0. The molecule has 0 unspecified atom stereocenters. The minimum Gasteiger partial charge on any atom is -1.00 e. The molecule has 0 nitrogen and oxygen atoms in total. The zero-order valence-corrected chi connectivity index (χ0v) is 24.7. The number of benzene rings is 2. The van der Waals surface area contributed by atoms with Crippen molar-refractivity contribution in [2.75, 3.05) is 0 Å². The molecular weight excluding hydrogens is 510 g/mol. The minimum absolute atomic E-state index is 0. The second-order valence-corrected chi connectivity index (χ2v) is 12.7. The summed E-state index contributed by atoms with van der Waals surface area (Å²) in [5.41, 5.74) is 8.70. The van der Waals surface area contributed by atoms with Crippen molar-refractivity contribution in [2.24, 2.45) is 0 Å². The number of rotatable bonds is 0. The molecule has 172 valence electrons. The maximum absolute atomic E-state index is 3.67. The van der Waals surface area contributed by atoms with Gasteiger partial charge in [0.25, 0.3) is 0 Å². The molecule has 1 aliphatic carbocycles. The van der Waals surface area contributed by atoms with Crippen LogP contribution in [0.25, 0.3) is 11.1 Å². The van der Waals surface area contributed by atoms with Crippen molar-refractivity contribution in [1.29, 1.82) is 0 Å². The minimum atomic E-state index is 0. The van der Waals surface area contributed by atoms with Crippen molar-refractivity contribution < 1.29 is 49.0 Å². The Morgan fingerprint density at radius 3 is 1.81 bits per heavy atom. The molecule has 3 aromatic carbocycles. The predicted octanol–water partition coefficient (Wildman–Crippen LogP) is 1.81. The summed E-state index contributed by atoms with van der Waals surface area (Å²) in [6, 6.07) is 25.2. The third kappa shape index (κ3) is 9.17. The molecule has 3 aromatic rings. The molecule has 0 radical (unpaired) electrons. The molecule has 3 heteroatoms. The van der Waals surface area contributed by atoms with E-state index in [0.717, 1.165) is 6.42 Å². The Labute approximate surface area is 223 Å². The first-order valence-corrected chi connectivity index (χ1v) is 12.0. The van der Waals surface area contributed by atoms with E-state index in [-0.39, 0.29) is 35.6 Å². The summed E-state index contributed by atoms with van der Waals surface area (Å²) in [5, 5.41) is 0. The Kier molecular flexibility index (Phi) is 12.8. The molecule has 0 amide bonds. The van der Waals surface area contributed by atoms with Crippen LogP contribution in [0.3, 0.4) is 0 Å². The van der Waals surface area contributed by atoms with E-state index in [1.165, 1.54) is 36.6 Å². The van der Waals surface area contributed by atoms with Crippen molar-refractivity contribution in [1.82, 2.24) is 0 Å². The first-order chi connectivity index (χ1) is 13.9. The average molecular weight is 547 g/mol. The van der Waals surface area contributed by atoms with Crippen LogP contribution in [0.5, 0.6) is 0 Å². The van der Waals surface area contributed by atoms with Gasteiger partial charge in [-0.15, -0.1) is 11.1 Å². The number of hydrogen-bond donors (Lipinski definition) is 0. The Bertz CT molecular complexity index is 889. The van der Waals surface area contributed by atoms with Crippen molar-refractivity contribution in [3.63, 3.8) is 0 Å². The van der Waals surface area contributed by atoms with Crippen LogP contribution < -0.4 is 24.8 Å². The summed E-state index contributed by atoms with van der Waals surface area (Å²) >= 11 is 1.55. The molecule has 0 aromatic heterocycles. The number of halogens is 2. The monoisotopic (exact) mass is 544 g/mol. The van der Waals surface area contributed by atoms with Gasteiger partial charge in [0.05, 0.1) is 0 Å². The second kappa shape index (κ2) is 13.1. The average Bonchev–Trinajstić information content (AvgIpc) is 3.30. The Hall–Kier alpha value is -0.877. The Morgan fingerprint density at radius 1 is 0.844 bits per heavy atom. The van der Waals surface area contributed by atoms with Gasteiger partial charge in [0.15, 0.2) is 0 Å². The van der Waals surface area contributed by atoms with Gasteiger partial charge in [0.1, 0.15) is 0 Å². The van der Waals surface area contributed by atoms with E-state index in [2.05, 4.69) is 91.8 Å². The van der Waals surface area contributed by atoms with E-state index in [4.69, 9.17) is 0 Å². The summed E-state index contributed by atoms with van der Waals surface area (Å²) in [7, 11) is 0. The molecule has 0 fully saturated rings. The van der Waals surface area contributed by atoms with Gasteiger partial charge in [0, 0.05) is 0 Å². The van der Waals surface area contributed by atoms with Gasteiger partial charge in [-0.25, -0.2) is 12.1 Å². The first kappa shape index (κ1) is 31.1. The van der Waals surface area contributed by atoms with Crippen molar-refractivity contribution in [2.45, 2.75) is 72.6 Å². The number of hydrogen-bond acceptors (Lipinski definition) is 0. The zero-order chi connectivity index (χ0) is 22.5. The molecule has 0 atom stereocenters. The molecular formula is C29H36Cl2Zr-2. The van der Waals surface area contributed by atoms with Crippen LogP contribution in [-0.4, -0.2) is 3.21 Å². The van der Waals surface area contributed by atoms with E-state index in [0.29, 0.717) is 0 Å². The Morgan fingerprint density at radius 2 is 1.38 bits per heavy atom. The molecule has 32 heavy (non-hydrogen) atoms. The largest absolute Gasteiger partial charge is 1.00 e. The van der Waals surface area contributed by atoms with Crippen molar-refractivity contribution in [3.05, 3.63) is 89.0 Å². The van der Waals surface area contributed by atoms with E-state index in [1.54, 1.807) is 24.2 Å². The van der Waals surface area contributed by atoms with E-state index in [9.17, 15) is 0 Å². The smallest absolute Gasteiger partial charge is 0.172 e. The first-order valence-electron chi connectivity index (χ1n) is 10.8. The molecule has 0 saturated heterocycles. The summed E-state index contributed by atoms with van der Waals surface area (Å²) < 4.78 is 1.51. The van der Waals surface area contributed by atoms with Crippen LogP contribution in [0.4, 0.5) is 0 Å². The molecule has 0 N–H and O–H groups in total. The van der Waals surface area contributed by atoms with Crippen LogP contribution in [0, 0.1) is 6.07 Å². The molecule has 0 saturated carbocycles. The maximum atomic E-state index is 3.67. The van der Waals surface area contributed by atoms with Gasteiger partial charge >= 0.3 is 41.3 Å². The van der Waals surface area contributed by atoms with Crippen molar-refractivity contribution in [3.8, 4) is 11.1 Å². The third-order valence-corrected chi connectivity index (χ3v) is 5.02. The van der Waals surface area contributed by atoms with Gasteiger partial charge in [0.2, 0.25) is 0 Å². The zero-order valence-electron chi connectivity index (χ0n) is 20.7. The predicted molar refractivity (Wildman–Crippen MR) is 129 cm³/mol. The standard InChI is InChI=1S/C21H25.C5H5.C3H6.2ClH.Zr/c1-20(2,3)16-7-9-18-14(12-16)11-15-13-17(21(4,5)6)8-10-19(15)18;1-2-4-5-3-1;1-3-2;;;/h7-10,12H,11H2,1-6H3;1-5H;1-2H3;2*1H;/q2*-1;;;;+2/p-2. The van der Waals surface area contributed by atoms with E-state index >= 15 is 0 Å². The van der Waals surface area contributed by atoms with Crippen LogP contribution in [0.2, 0.25) is 0 Å². The molecule has 1 aliphatic rings. The van der Waals surface area contributed by atoms with E-state index in [1.807, 2.05) is 30.3 Å². The van der Waals surface area contributed by atoms with Gasteiger partial charge in [-0.05, 0) is 28.4 Å². The fraction of sp³-hybridized carbons (Fsp3) is 0.379. The number of fused-ring (bicyclic) bond motifs is 3. The molecule has 0 heterocycles. The van der Waals surface area contributed by atoms with Crippen LogP contribution in [0.15, 0.2) is 60.7 Å². The third-order valence-electron chi connectivity index (χ3n) is 5.02. The van der Waals surface area contributed by atoms with Crippen LogP contribution in [-0.2, 0) is 41.5 Å². The van der Waals surface area contributed by atoms with Gasteiger partial charge in [-0.3, -0.25) is 0 Å². The summed E-state index contributed by atoms with van der Waals surface area (Å²) in [5.74, 6) is 0. The summed E-state index contributed by atoms with van der Waals surface area (Å²) in [6.07, 6.45) is 1.03. The SMILES string of the molecule is CC(C)(C)c1[c-]c2c(cc1)-c1ccc(C(C)(C)C)cc1C2.C[C](C)=[Zr+2].[Cl-].[Cl-].c1cc[cH-]c1. The van der Waals surface area contributed by atoms with E-state index < -0.39 is 0 Å². The fourth-order valence-electron chi connectivity index (χ4n) is 3.35. The molecule has 0 aliphatic heterocycles. The van der Waals surface area contributed by atoms with Crippen LogP contribution >= 0.6 is 0 Å². The van der Waals surface area contributed by atoms with Crippen LogP contribution in [0.1, 0.15) is 77.6 Å². The summed E-state index contributed by atoms with van der Waals surface area (Å²) in [6.45, 7) is 17.8. The van der Waals surface area contributed by atoms with Gasteiger partial charge < -0.3 is 24.8 Å². The normalized spacial score (nSPS) is 11.3. The fourth-order valence-corrected chi connectivity index (χ4v) is 3.35. The molecule has 0 bridgehead atoms. The quantitative estimate of drug-likeness (QED) is 0.295. The maximum Gasteiger partial charge on any atom is -0.172 e. The van der Waals surface area contributed by atoms with Gasteiger partial charge in [-0.2, -0.15) is 42.0 Å².